The molecule has 4 aromatic rings. The number of rotatable bonds is 4. The van der Waals surface area contributed by atoms with Crippen molar-refractivity contribution < 1.29 is 0 Å². The molecule has 0 atom stereocenters. The van der Waals surface area contributed by atoms with Crippen LogP contribution in [-0.2, 0) is 5.75 Å². The minimum Gasteiger partial charge on any atom is -0.307 e. The average molecular weight is 335 g/mol. The highest BCUT2D eigenvalue weighted by atomic mass is 32.2. The van der Waals surface area contributed by atoms with E-state index in [2.05, 4.69) is 52.8 Å². The van der Waals surface area contributed by atoms with E-state index in [9.17, 15) is 0 Å². The van der Waals surface area contributed by atoms with Gasteiger partial charge in [0.1, 0.15) is 12.0 Å². The van der Waals surface area contributed by atoms with E-state index >= 15 is 0 Å². The minimum atomic E-state index is 0.756. The summed E-state index contributed by atoms with van der Waals surface area (Å²) in [4.78, 5) is 4.72. The van der Waals surface area contributed by atoms with Crippen molar-refractivity contribution in [3.05, 3.63) is 71.9 Å². The van der Waals surface area contributed by atoms with Gasteiger partial charge >= 0.3 is 0 Å². The van der Waals surface area contributed by atoms with Crippen molar-refractivity contribution in [2.24, 2.45) is 0 Å². The van der Waals surface area contributed by atoms with Crippen LogP contribution in [0.3, 0.4) is 0 Å². The third-order valence-corrected chi connectivity index (χ3v) is 4.95. The molecule has 6 heteroatoms. The van der Waals surface area contributed by atoms with Crippen LogP contribution < -0.4 is 0 Å². The predicted molar refractivity (Wildman–Crippen MR) is 95.6 cm³/mol. The molecule has 0 fully saturated rings. The van der Waals surface area contributed by atoms with Crippen molar-refractivity contribution in [3.8, 4) is 5.69 Å². The Labute approximate surface area is 144 Å². The third-order valence-electron chi connectivity index (χ3n) is 3.97. The summed E-state index contributed by atoms with van der Waals surface area (Å²) in [6, 6.07) is 12.4. The molecule has 0 unspecified atom stereocenters. The maximum atomic E-state index is 4.72. The SMILES string of the molecule is Cc1ccccc1-n1cnnc1SCc1cn2cccc(C)c2n1. The number of hydrogen-bond donors (Lipinski definition) is 0. The number of para-hydroxylation sites is 1. The summed E-state index contributed by atoms with van der Waals surface area (Å²) in [5.74, 6) is 0.756. The Morgan fingerprint density at radius 1 is 1.04 bits per heavy atom. The first-order chi connectivity index (χ1) is 11.7. The fourth-order valence-corrected chi connectivity index (χ4v) is 3.54. The molecule has 24 heavy (non-hydrogen) atoms. The van der Waals surface area contributed by atoms with Crippen LogP contribution in [0.5, 0.6) is 0 Å². The summed E-state index contributed by atoms with van der Waals surface area (Å²) in [6.45, 7) is 4.17. The highest BCUT2D eigenvalue weighted by Gasteiger charge is 2.11. The van der Waals surface area contributed by atoms with E-state index in [0.717, 1.165) is 27.9 Å². The summed E-state index contributed by atoms with van der Waals surface area (Å²) in [5, 5.41) is 9.21. The number of benzene rings is 1. The van der Waals surface area contributed by atoms with Crippen LogP contribution in [0.2, 0.25) is 0 Å². The number of fused-ring (bicyclic) bond motifs is 1. The molecular formula is C18H17N5S. The average Bonchev–Trinajstić information content (AvgIpc) is 3.20. The number of hydrogen-bond acceptors (Lipinski definition) is 4. The Morgan fingerprint density at radius 3 is 2.71 bits per heavy atom. The van der Waals surface area contributed by atoms with Crippen LogP contribution in [-0.4, -0.2) is 24.1 Å². The summed E-state index contributed by atoms with van der Waals surface area (Å²) < 4.78 is 4.10. The molecule has 5 nitrogen and oxygen atoms in total. The molecular weight excluding hydrogens is 318 g/mol. The maximum Gasteiger partial charge on any atom is 0.196 e. The van der Waals surface area contributed by atoms with Gasteiger partial charge in [0.2, 0.25) is 0 Å². The molecule has 0 aliphatic carbocycles. The highest BCUT2D eigenvalue weighted by molar-refractivity contribution is 7.98. The lowest BCUT2D eigenvalue weighted by molar-refractivity contribution is 0.877. The largest absolute Gasteiger partial charge is 0.307 e. The number of pyridine rings is 1. The van der Waals surface area contributed by atoms with Crippen LogP contribution in [0.25, 0.3) is 11.3 Å². The first-order valence-electron chi connectivity index (χ1n) is 7.74. The summed E-state index contributed by atoms with van der Waals surface area (Å²) >= 11 is 1.64. The molecule has 3 heterocycles. The second kappa shape index (κ2) is 6.13. The number of imidazole rings is 1. The van der Waals surface area contributed by atoms with Gasteiger partial charge in [0.05, 0.1) is 11.4 Å². The molecule has 0 spiro atoms. The van der Waals surface area contributed by atoms with Gasteiger partial charge in [-0.3, -0.25) is 4.57 Å². The number of thioether (sulfide) groups is 1. The molecule has 4 rings (SSSR count). The van der Waals surface area contributed by atoms with Crippen molar-refractivity contribution in [1.29, 1.82) is 0 Å². The molecule has 0 aliphatic rings. The first-order valence-corrected chi connectivity index (χ1v) is 8.73. The zero-order valence-electron chi connectivity index (χ0n) is 13.5. The molecule has 0 bridgehead atoms. The number of nitrogens with zero attached hydrogens (tertiary/aromatic N) is 5. The molecule has 3 aromatic heterocycles. The quantitative estimate of drug-likeness (QED) is 0.532. The molecule has 0 radical (unpaired) electrons. The van der Waals surface area contributed by atoms with E-state index in [0.29, 0.717) is 0 Å². The fraction of sp³-hybridized carbons (Fsp3) is 0.167. The first kappa shape index (κ1) is 15.0. The number of aromatic nitrogens is 5. The minimum absolute atomic E-state index is 0.756. The summed E-state index contributed by atoms with van der Waals surface area (Å²) in [6.07, 6.45) is 5.86. The molecule has 0 amide bonds. The van der Waals surface area contributed by atoms with Gasteiger partial charge in [-0.15, -0.1) is 10.2 Å². The third kappa shape index (κ3) is 2.69. The Kier molecular flexibility index (Phi) is 3.82. The van der Waals surface area contributed by atoms with Crippen molar-refractivity contribution in [1.82, 2.24) is 24.1 Å². The van der Waals surface area contributed by atoms with Crippen molar-refractivity contribution in [2.75, 3.05) is 0 Å². The van der Waals surface area contributed by atoms with Gasteiger partial charge in [0.25, 0.3) is 0 Å². The van der Waals surface area contributed by atoms with Gasteiger partial charge in [-0.25, -0.2) is 4.98 Å². The van der Waals surface area contributed by atoms with Gasteiger partial charge in [-0.2, -0.15) is 0 Å². The van der Waals surface area contributed by atoms with Gasteiger partial charge < -0.3 is 4.40 Å². The monoisotopic (exact) mass is 335 g/mol. The zero-order valence-corrected chi connectivity index (χ0v) is 14.4. The molecule has 0 aliphatic heterocycles. The van der Waals surface area contributed by atoms with Crippen LogP contribution >= 0.6 is 11.8 Å². The predicted octanol–water partition coefficient (Wildman–Crippen LogP) is 3.82. The number of aryl methyl sites for hydroxylation is 2. The normalized spacial score (nSPS) is 11.2. The topological polar surface area (TPSA) is 48.0 Å². The fourth-order valence-electron chi connectivity index (χ4n) is 2.73. The van der Waals surface area contributed by atoms with Gasteiger partial charge in [0, 0.05) is 18.1 Å². The summed E-state index contributed by atoms with van der Waals surface area (Å²) in [7, 11) is 0. The Balaban J connectivity index is 1.59. The van der Waals surface area contributed by atoms with Crippen LogP contribution in [0.4, 0.5) is 0 Å². The van der Waals surface area contributed by atoms with Crippen molar-refractivity contribution >= 4 is 17.4 Å². The van der Waals surface area contributed by atoms with Gasteiger partial charge in [-0.1, -0.05) is 36.0 Å². The van der Waals surface area contributed by atoms with Crippen LogP contribution in [0, 0.1) is 13.8 Å². The van der Waals surface area contributed by atoms with Crippen LogP contribution in [0.1, 0.15) is 16.8 Å². The molecule has 120 valence electrons. The van der Waals surface area contributed by atoms with E-state index in [1.54, 1.807) is 18.1 Å². The zero-order chi connectivity index (χ0) is 16.5. The maximum absolute atomic E-state index is 4.72. The second-order valence-electron chi connectivity index (χ2n) is 5.71. The Morgan fingerprint density at radius 2 is 1.88 bits per heavy atom. The van der Waals surface area contributed by atoms with E-state index in [4.69, 9.17) is 4.98 Å². The molecule has 1 aromatic carbocycles. The van der Waals surface area contributed by atoms with E-state index in [-0.39, 0.29) is 0 Å². The smallest absolute Gasteiger partial charge is 0.196 e. The highest BCUT2D eigenvalue weighted by Crippen LogP contribution is 2.25. The van der Waals surface area contributed by atoms with Gasteiger partial charge in [0.15, 0.2) is 5.16 Å². The van der Waals surface area contributed by atoms with Crippen LogP contribution in [0.15, 0.2) is 60.3 Å². The molecule has 0 saturated carbocycles. The standard InChI is InChI=1S/C18H17N5S/c1-13-6-3-4-8-16(13)23-12-19-21-18(23)24-11-15-10-22-9-5-7-14(2)17(22)20-15/h3-10,12H,11H2,1-2H3. The summed E-state index contributed by atoms with van der Waals surface area (Å²) in [5.41, 5.74) is 5.53. The molecule has 0 N–H and O–H groups in total. The molecule has 0 saturated heterocycles. The van der Waals surface area contributed by atoms with E-state index in [1.807, 2.05) is 29.0 Å². The lowest BCUT2D eigenvalue weighted by atomic mass is 10.2. The second-order valence-corrected chi connectivity index (χ2v) is 6.66. The Bertz CT molecular complexity index is 1000. The lowest BCUT2D eigenvalue weighted by Gasteiger charge is -2.08. The van der Waals surface area contributed by atoms with Crippen molar-refractivity contribution in [2.45, 2.75) is 24.8 Å². The van der Waals surface area contributed by atoms with Crippen molar-refractivity contribution in [3.63, 3.8) is 0 Å². The lowest BCUT2D eigenvalue weighted by Crippen LogP contribution is -1.97. The van der Waals surface area contributed by atoms with E-state index < -0.39 is 0 Å². The van der Waals surface area contributed by atoms with E-state index in [1.165, 1.54) is 11.1 Å². The van der Waals surface area contributed by atoms with Gasteiger partial charge in [-0.05, 0) is 37.1 Å². The Hall–Kier alpha value is -2.60.